The van der Waals surface area contributed by atoms with Crippen LogP contribution in [0.25, 0.3) is 0 Å². The summed E-state index contributed by atoms with van der Waals surface area (Å²) < 4.78 is 0. The molecule has 2 aromatic carbocycles. The first-order valence-corrected chi connectivity index (χ1v) is 7.75. The molecule has 1 aliphatic heterocycles. The Morgan fingerprint density at radius 1 is 1.18 bits per heavy atom. The monoisotopic (exact) mass is 315 g/mol. The minimum Gasteiger partial charge on any atom is -0.383 e. The first-order valence-electron chi connectivity index (χ1n) is 7.37. The highest BCUT2D eigenvalue weighted by molar-refractivity contribution is 6.30. The molecule has 1 aliphatic rings. The number of hydrogen-bond acceptors (Lipinski definition) is 2. The van der Waals surface area contributed by atoms with Crippen LogP contribution in [0.4, 0.5) is 0 Å². The van der Waals surface area contributed by atoms with Crippen LogP contribution in [0.15, 0.2) is 54.6 Å². The summed E-state index contributed by atoms with van der Waals surface area (Å²) in [6, 6.07) is 16.9. The first kappa shape index (κ1) is 15.1. The normalized spacial score (nSPS) is 21.1. The lowest BCUT2D eigenvalue weighted by atomic mass is 9.93. The predicted octanol–water partition coefficient (Wildman–Crippen LogP) is 3.00. The fourth-order valence-electron chi connectivity index (χ4n) is 2.92. The zero-order valence-electron chi connectivity index (χ0n) is 12.2. The molecule has 22 heavy (non-hydrogen) atoms. The van der Waals surface area contributed by atoms with Crippen LogP contribution in [0.1, 0.15) is 17.5 Å². The van der Waals surface area contributed by atoms with Crippen LogP contribution in [-0.4, -0.2) is 29.0 Å². The van der Waals surface area contributed by atoms with Crippen LogP contribution >= 0.6 is 11.6 Å². The molecule has 0 aromatic heterocycles. The van der Waals surface area contributed by atoms with E-state index in [0.717, 1.165) is 11.1 Å². The van der Waals surface area contributed by atoms with Crippen molar-refractivity contribution in [2.45, 2.75) is 18.4 Å². The molecule has 3 nitrogen and oxygen atoms in total. The van der Waals surface area contributed by atoms with Gasteiger partial charge >= 0.3 is 0 Å². The number of carbonyl (C=O) groups is 1. The molecule has 1 unspecified atom stereocenters. The number of hydrogen-bond donors (Lipinski definition) is 1. The van der Waals surface area contributed by atoms with Crippen molar-refractivity contribution in [1.29, 1.82) is 0 Å². The molecular weight excluding hydrogens is 298 g/mol. The van der Waals surface area contributed by atoms with Crippen LogP contribution < -0.4 is 0 Å². The molecule has 1 atom stereocenters. The van der Waals surface area contributed by atoms with Crippen molar-refractivity contribution in [2.75, 3.05) is 13.1 Å². The highest BCUT2D eigenvalue weighted by Gasteiger charge is 2.39. The first-order chi connectivity index (χ1) is 10.6. The average Bonchev–Trinajstić information content (AvgIpc) is 2.92. The molecular formula is C18H18ClNO2. The highest BCUT2D eigenvalue weighted by atomic mass is 35.5. The summed E-state index contributed by atoms with van der Waals surface area (Å²) in [5, 5.41) is 11.4. The van der Waals surface area contributed by atoms with Gasteiger partial charge in [-0.3, -0.25) is 4.79 Å². The largest absolute Gasteiger partial charge is 0.383 e. The Morgan fingerprint density at radius 3 is 2.68 bits per heavy atom. The van der Waals surface area contributed by atoms with Gasteiger partial charge in [0.05, 0.1) is 13.0 Å². The second-order valence-corrected chi connectivity index (χ2v) is 6.21. The number of carbonyl (C=O) groups excluding carboxylic acids is 1. The van der Waals surface area contributed by atoms with Crippen molar-refractivity contribution < 1.29 is 9.90 Å². The molecule has 1 amide bonds. The smallest absolute Gasteiger partial charge is 0.227 e. The maximum atomic E-state index is 12.4. The Balaban J connectivity index is 1.68. The fourth-order valence-corrected chi connectivity index (χ4v) is 3.14. The summed E-state index contributed by atoms with van der Waals surface area (Å²) in [7, 11) is 0. The van der Waals surface area contributed by atoms with Gasteiger partial charge < -0.3 is 10.0 Å². The number of β-amino-alcohol motifs (C(OH)–C–C–N with tert-alkyl or cyclic N) is 1. The van der Waals surface area contributed by atoms with Crippen molar-refractivity contribution in [1.82, 2.24) is 4.90 Å². The Morgan fingerprint density at radius 2 is 1.95 bits per heavy atom. The average molecular weight is 316 g/mol. The summed E-state index contributed by atoms with van der Waals surface area (Å²) in [6.45, 7) is 0.918. The van der Waals surface area contributed by atoms with Gasteiger partial charge in [0.25, 0.3) is 0 Å². The van der Waals surface area contributed by atoms with Crippen LogP contribution in [-0.2, 0) is 16.8 Å². The Labute approximate surface area is 135 Å². The molecule has 1 saturated heterocycles. The third-order valence-electron chi connectivity index (χ3n) is 4.16. The van der Waals surface area contributed by atoms with E-state index in [1.54, 1.807) is 17.0 Å². The topological polar surface area (TPSA) is 40.5 Å². The summed E-state index contributed by atoms with van der Waals surface area (Å²) in [5.74, 6) is 0.0223. The van der Waals surface area contributed by atoms with E-state index in [0.29, 0.717) is 31.0 Å². The lowest BCUT2D eigenvalue weighted by Gasteiger charge is -2.24. The molecule has 0 bridgehead atoms. The molecule has 2 aromatic rings. The lowest BCUT2D eigenvalue weighted by Crippen LogP contribution is -2.35. The van der Waals surface area contributed by atoms with Crippen LogP contribution in [0, 0.1) is 0 Å². The molecule has 3 rings (SSSR count). The van der Waals surface area contributed by atoms with Crippen LogP contribution in [0.3, 0.4) is 0 Å². The number of nitrogens with zero attached hydrogens (tertiary/aromatic N) is 1. The Bertz CT molecular complexity index is 674. The molecule has 1 heterocycles. The molecule has 114 valence electrons. The molecule has 0 saturated carbocycles. The van der Waals surface area contributed by atoms with Gasteiger partial charge in [0.1, 0.15) is 5.60 Å². The maximum Gasteiger partial charge on any atom is 0.227 e. The van der Waals surface area contributed by atoms with E-state index >= 15 is 0 Å². The van der Waals surface area contributed by atoms with Crippen molar-refractivity contribution >= 4 is 17.5 Å². The Kier molecular flexibility index (Phi) is 4.19. The predicted molar refractivity (Wildman–Crippen MR) is 86.7 cm³/mol. The second-order valence-electron chi connectivity index (χ2n) is 5.77. The zero-order valence-corrected chi connectivity index (χ0v) is 13.0. The van der Waals surface area contributed by atoms with Gasteiger partial charge in [-0.25, -0.2) is 0 Å². The molecule has 0 spiro atoms. The van der Waals surface area contributed by atoms with Gasteiger partial charge in [-0.2, -0.15) is 0 Å². The van der Waals surface area contributed by atoms with Crippen molar-refractivity contribution in [3.05, 3.63) is 70.7 Å². The molecule has 1 N–H and O–H groups in total. The third kappa shape index (κ3) is 3.16. The molecule has 1 fully saturated rings. The number of benzene rings is 2. The SMILES string of the molecule is O=C(Cc1cccc(Cl)c1)N1CCC(O)(c2ccccc2)C1. The van der Waals surface area contributed by atoms with E-state index in [-0.39, 0.29) is 5.91 Å². The summed E-state index contributed by atoms with van der Waals surface area (Å²) in [6.07, 6.45) is 0.879. The van der Waals surface area contributed by atoms with E-state index in [2.05, 4.69) is 0 Å². The quantitative estimate of drug-likeness (QED) is 0.946. The third-order valence-corrected chi connectivity index (χ3v) is 4.39. The van der Waals surface area contributed by atoms with Gasteiger partial charge in [0.2, 0.25) is 5.91 Å². The number of amides is 1. The van der Waals surface area contributed by atoms with Gasteiger partial charge in [0, 0.05) is 11.6 Å². The van der Waals surface area contributed by atoms with E-state index in [4.69, 9.17) is 11.6 Å². The zero-order chi connectivity index (χ0) is 15.6. The number of aliphatic hydroxyl groups is 1. The van der Waals surface area contributed by atoms with Crippen molar-refractivity contribution in [3.8, 4) is 0 Å². The van der Waals surface area contributed by atoms with Gasteiger partial charge in [-0.05, 0) is 29.7 Å². The standard InChI is InChI=1S/C18H18ClNO2/c19-16-8-4-5-14(11-16)12-17(21)20-10-9-18(22,13-20)15-6-2-1-3-7-15/h1-8,11,22H,9-10,12-13H2. The van der Waals surface area contributed by atoms with Crippen molar-refractivity contribution in [2.24, 2.45) is 0 Å². The summed E-state index contributed by atoms with van der Waals surface area (Å²) >= 11 is 5.95. The summed E-state index contributed by atoms with van der Waals surface area (Å²) in [4.78, 5) is 14.1. The number of halogens is 1. The minimum atomic E-state index is -0.939. The molecule has 0 radical (unpaired) electrons. The Hall–Kier alpha value is -1.84. The highest BCUT2D eigenvalue weighted by Crippen LogP contribution is 2.32. The van der Waals surface area contributed by atoms with Crippen LogP contribution in [0.2, 0.25) is 5.02 Å². The van der Waals surface area contributed by atoms with E-state index < -0.39 is 5.60 Å². The van der Waals surface area contributed by atoms with Crippen LogP contribution in [0.5, 0.6) is 0 Å². The molecule has 0 aliphatic carbocycles. The summed E-state index contributed by atoms with van der Waals surface area (Å²) in [5.41, 5.74) is 0.825. The van der Waals surface area contributed by atoms with Gasteiger partial charge in [0.15, 0.2) is 0 Å². The number of rotatable bonds is 3. The maximum absolute atomic E-state index is 12.4. The van der Waals surface area contributed by atoms with E-state index in [1.807, 2.05) is 42.5 Å². The fraction of sp³-hybridized carbons (Fsp3) is 0.278. The molecule has 4 heteroatoms. The van der Waals surface area contributed by atoms with Gasteiger partial charge in [-0.15, -0.1) is 0 Å². The minimum absolute atomic E-state index is 0.0223. The van der Waals surface area contributed by atoms with Gasteiger partial charge in [-0.1, -0.05) is 54.1 Å². The lowest BCUT2D eigenvalue weighted by molar-refractivity contribution is -0.130. The van der Waals surface area contributed by atoms with E-state index in [9.17, 15) is 9.90 Å². The van der Waals surface area contributed by atoms with Crippen molar-refractivity contribution in [3.63, 3.8) is 0 Å². The second kappa shape index (κ2) is 6.11. The van der Waals surface area contributed by atoms with E-state index in [1.165, 1.54) is 0 Å². The number of likely N-dealkylation sites (tertiary alicyclic amines) is 1.